The maximum Gasteiger partial charge on any atom is 0.334 e. The van der Waals surface area contributed by atoms with Gasteiger partial charge in [-0.15, -0.1) is 0 Å². The molecule has 1 aliphatic heterocycles. The Balaban J connectivity index is 2.28. The first-order valence-corrected chi connectivity index (χ1v) is 8.22. The highest BCUT2D eigenvalue weighted by Gasteiger charge is 2.33. The molecular weight excluding hydrogens is 300 g/mol. The number of cyclic esters (lactones) is 1. The van der Waals surface area contributed by atoms with Gasteiger partial charge in [-0.2, -0.15) is 0 Å². The third kappa shape index (κ3) is 3.64. The minimum absolute atomic E-state index is 0.197. The van der Waals surface area contributed by atoms with Crippen LogP contribution in [0, 0.1) is 0 Å². The molecule has 0 spiro atoms. The van der Waals surface area contributed by atoms with E-state index in [1.807, 2.05) is 19.1 Å². The van der Waals surface area contributed by atoms with Crippen LogP contribution in [0.4, 0.5) is 0 Å². The maximum atomic E-state index is 12.0. The van der Waals surface area contributed by atoms with Gasteiger partial charge in [0.05, 0.1) is 7.11 Å². The van der Waals surface area contributed by atoms with Gasteiger partial charge in [0.15, 0.2) is 0 Å². The van der Waals surface area contributed by atoms with Crippen LogP contribution in [0.3, 0.4) is 0 Å². The lowest BCUT2D eigenvalue weighted by atomic mass is 9.93. The first kappa shape index (κ1) is 16.9. The van der Waals surface area contributed by atoms with Crippen molar-refractivity contribution in [3.63, 3.8) is 0 Å². The van der Waals surface area contributed by atoms with Crippen LogP contribution >= 0.6 is 11.6 Å². The Bertz CT molecular complexity index is 578. The minimum atomic E-state index is -0.238. The summed E-state index contributed by atoms with van der Waals surface area (Å²) in [4.78, 5) is 12.0. The lowest BCUT2D eigenvalue weighted by Gasteiger charge is -2.17. The second kappa shape index (κ2) is 7.68. The van der Waals surface area contributed by atoms with Crippen molar-refractivity contribution >= 4 is 23.1 Å². The quantitative estimate of drug-likeness (QED) is 0.522. The van der Waals surface area contributed by atoms with Gasteiger partial charge in [0, 0.05) is 21.7 Å². The van der Waals surface area contributed by atoms with Gasteiger partial charge in [0.2, 0.25) is 0 Å². The number of esters is 1. The number of hydrogen-bond acceptors (Lipinski definition) is 3. The molecule has 0 aliphatic carbocycles. The van der Waals surface area contributed by atoms with E-state index in [-0.39, 0.29) is 12.1 Å². The molecule has 4 heteroatoms. The van der Waals surface area contributed by atoms with Gasteiger partial charge >= 0.3 is 5.97 Å². The van der Waals surface area contributed by atoms with Crippen molar-refractivity contribution in [3.8, 4) is 5.75 Å². The van der Waals surface area contributed by atoms with Crippen molar-refractivity contribution in [2.45, 2.75) is 52.1 Å². The number of unbranched alkanes of at least 4 members (excludes halogenated alkanes) is 3. The molecular formula is C18H23ClO3. The monoisotopic (exact) mass is 322 g/mol. The molecule has 22 heavy (non-hydrogen) atoms. The summed E-state index contributed by atoms with van der Waals surface area (Å²) >= 11 is 6.13. The molecule has 1 aromatic rings. The van der Waals surface area contributed by atoms with Crippen LogP contribution in [-0.4, -0.2) is 19.2 Å². The third-order valence-electron chi connectivity index (χ3n) is 4.05. The van der Waals surface area contributed by atoms with E-state index in [1.54, 1.807) is 13.2 Å². The van der Waals surface area contributed by atoms with Crippen LogP contribution in [0.25, 0.3) is 5.57 Å². The fraction of sp³-hybridized carbons (Fsp3) is 0.500. The van der Waals surface area contributed by atoms with Gasteiger partial charge in [-0.1, -0.05) is 37.8 Å². The van der Waals surface area contributed by atoms with Gasteiger partial charge in [0.1, 0.15) is 11.9 Å². The molecule has 0 aromatic heterocycles. The molecule has 2 rings (SSSR count). The smallest absolute Gasteiger partial charge is 0.334 e. The predicted molar refractivity (Wildman–Crippen MR) is 89.2 cm³/mol. The fourth-order valence-electron chi connectivity index (χ4n) is 2.85. The molecule has 0 amide bonds. The summed E-state index contributed by atoms with van der Waals surface area (Å²) in [5, 5.41) is 0.625. The maximum absolute atomic E-state index is 12.0. The number of halogens is 1. The van der Waals surface area contributed by atoms with E-state index in [4.69, 9.17) is 21.1 Å². The first-order chi connectivity index (χ1) is 10.6. The van der Waals surface area contributed by atoms with E-state index in [2.05, 4.69) is 6.92 Å². The topological polar surface area (TPSA) is 35.5 Å². The lowest BCUT2D eigenvalue weighted by molar-refractivity contribution is -0.139. The zero-order chi connectivity index (χ0) is 16.1. The first-order valence-electron chi connectivity index (χ1n) is 7.84. The van der Waals surface area contributed by atoms with Crippen LogP contribution in [0.2, 0.25) is 5.02 Å². The SMILES string of the molecule is CCCCCCC1OC(=O)C(C)=C1c1cc(Cl)ccc1OC. The Morgan fingerprint density at radius 1 is 1.27 bits per heavy atom. The molecule has 0 bridgehead atoms. The zero-order valence-corrected chi connectivity index (χ0v) is 14.2. The lowest BCUT2D eigenvalue weighted by Crippen LogP contribution is -2.11. The highest BCUT2D eigenvalue weighted by Crippen LogP contribution is 2.39. The number of carbonyl (C=O) groups excluding carboxylic acids is 1. The second-order valence-corrected chi connectivity index (χ2v) is 6.06. The Labute approximate surface area is 137 Å². The van der Waals surface area contributed by atoms with Crippen LogP contribution < -0.4 is 4.74 Å². The highest BCUT2D eigenvalue weighted by atomic mass is 35.5. The summed E-state index contributed by atoms with van der Waals surface area (Å²) in [7, 11) is 1.62. The summed E-state index contributed by atoms with van der Waals surface area (Å²) in [5.41, 5.74) is 2.43. The van der Waals surface area contributed by atoms with E-state index in [9.17, 15) is 4.79 Å². The number of ether oxygens (including phenoxy) is 2. The van der Waals surface area contributed by atoms with Crippen molar-refractivity contribution in [2.75, 3.05) is 7.11 Å². The molecule has 0 saturated heterocycles. The number of hydrogen-bond donors (Lipinski definition) is 0. The summed E-state index contributed by atoms with van der Waals surface area (Å²) in [6.45, 7) is 3.99. The standard InChI is InChI=1S/C18H23ClO3/c1-4-5-6-7-8-16-17(12(2)18(20)22-16)14-11-13(19)9-10-15(14)21-3/h9-11,16H,4-8H2,1-3H3. The van der Waals surface area contributed by atoms with E-state index >= 15 is 0 Å². The molecule has 1 unspecified atom stereocenters. The Kier molecular flexibility index (Phi) is 5.90. The van der Waals surface area contributed by atoms with E-state index in [0.717, 1.165) is 36.1 Å². The van der Waals surface area contributed by atoms with Crippen LogP contribution in [-0.2, 0) is 9.53 Å². The number of benzene rings is 1. The van der Waals surface area contributed by atoms with Crippen molar-refractivity contribution in [2.24, 2.45) is 0 Å². The van der Waals surface area contributed by atoms with Crippen LogP contribution in [0.5, 0.6) is 5.75 Å². The Morgan fingerprint density at radius 3 is 2.73 bits per heavy atom. The predicted octanol–water partition coefficient (Wildman–Crippen LogP) is 5.02. The molecule has 0 radical (unpaired) electrons. The van der Waals surface area contributed by atoms with Crippen molar-refractivity contribution in [1.29, 1.82) is 0 Å². The Morgan fingerprint density at radius 2 is 2.05 bits per heavy atom. The molecule has 1 aromatic carbocycles. The summed E-state index contributed by atoms with van der Waals surface area (Å²) in [5.74, 6) is 0.480. The van der Waals surface area contributed by atoms with Gasteiger partial charge in [0.25, 0.3) is 0 Å². The zero-order valence-electron chi connectivity index (χ0n) is 13.4. The molecule has 1 aliphatic rings. The highest BCUT2D eigenvalue weighted by molar-refractivity contribution is 6.30. The molecule has 0 N–H and O–H groups in total. The summed E-state index contributed by atoms with van der Waals surface area (Å²) in [6, 6.07) is 5.46. The van der Waals surface area contributed by atoms with E-state index in [1.165, 1.54) is 12.8 Å². The number of carbonyl (C=O) groups is 1. The molecule has 0 saturated carbocycles. The average Bonchev–Trinajstić information content (AvgIpc) is 2.78. The fourth-order valence-corrected chi connectivity index (χ4v) is 3.03. The largest absolute Gasteiger partial charge is 0.496 e. The number of methoxy groups -OCH3 is 1. The minimum Gasteiger partial charge on any atom is -0.496 e. The van der Waals surface area contributed by atoms with Crippen LogP contribution in [0.1, 0.15) is 51.5 Å². The molecule has 120 valence electrons. The normalized spacial score (nSPS) is 17.8. The van der Waals surface area contributed by atoms with Gasteiger partial charge < -0.3 is 9.47 Å². The summed E-state index contributed by atoms with van der Waals surface area (Å²) < 4.78 is 11.0. The Hall–Kier alpha value is -1.48. The molecule has 1 atom stereocenters. The van der Waals surface area contributed by atoms with Crippen molar-refractivity contribution in [3.05, 3.63) is 34.4 Å². The third-order valence-corrected chi connectivity index (χ3v) is 4.29. The van der Waals surface area contributed by atoms with Crippen molar-refractivity contribution < 1.29 is 14.3 Å². The van der Waals surface area contributed by atoms with E-state index in [0.29, 0.717) is 10.6 Å². The van der Waals surface area contributed by atoms with Crippen molar-refractivity contribution in [1.82, 2.24) is 0 Å². The molecule has 3 nitrogen and oxygen atoms in total. The molecule has 0 fully saturated rings. The molecule has 1 heterocycles. The summed E-state index contributed by atoms with van der Waals surface area (Å²) in [6.07, 6.45) is 5.24. The van der Waals surface area contributed by atoms with Crippen LogP contribution in [0.15, 0.2) is 23.8 Å². The average molecular weight is 323 g/mol. The van der Waals surface area contributed by atoms with Gasteiger partial charge in [-0.25, -0.2) is 4.79 Å². The second-order valence-electron chi connectivity index (χ2n) is 5.63. The van der Waals surface area contributed by atoms with Gasteiger partial charge in [-0.3, -0.25) is 0 Å². The van der Waals surface area contributed by atoms with E-state index < -0.39 is 0 Å². The van der Waals surface area contributed by atoms with Gasteiger partial charge in [-0.05, 0) is 38.0 Å². The number of rotatable bonds is 7.